The van der Waals surface area contributed by atoms with Crippen LogP contribution in [-0.4, -0.2) is 4.99 Å². The Balaban J connectivity index is 2.42. The Morgan fingerprint density at radius 2 is 1.80 bits per heavy atom. The minimum atomic E-state index is -0.684. The lowest BCUT2D eigenvalue weighted by molar-refractivity contribution is 0.412. The Morgan fingerprint density at radius 1 is 1.15 bits per heavy atom. The van der Waals surface area contributed by atoms with Crippen LogP contribution in [0.15, 0.2) is 34.8 Å². The Bertz CT molecular complexity index is 691. The molecule has 0 amide bonds. The molecule has 0 aliphatic rings. The van der Waals surface area contributed by atoms with Crippen molar-refractivity contribution in [3.05, 3.63) is 57.6 Å². The SMILES string of the molecule is Cc1cccc(Oc2ccc(C(N)=S)c(Br)c2F)c1F. The summed E-state index contributed by atoms with van der Waals surface area (Å²) in [6.45, 7) is 1.60. The monoisotopic (exact) mass is 357 g/mol. The minimum absolute atomic E-state index is 0.0427. The third kappa shape index (κ3) is 2.81. The van der Waals surface area contributed by atoms with Gasteiger partial charge >= 0.3 is 0 Å². The molecular formula is C14H10BrF2NOS. The maximum atomic E-state index is 14.1. The molecule has 0 saturated carbocycles. The molecule has 0 aliphatic carbocycles. The molecule has 0 atom stereocenters. The van der Waals surface area contributed by atoms with Gasteiger partial charge in [-0.3, -0.25) is 0 Å². The molecule has 0 heterocycles. The van der Waals surface area contributed by atoms with E-state index in [4.69, 9.17) is 22.7 Å². The summed E-state index contributed by atoms with van der Waals surface area (Å²) in [6, 6.07) is 7.53. The Hall–Kier alpha value is -1.53. The smallest absolute Gasteiger partial charge is 0.180 e. The Morgan fingerprint density at radius 3 is 2.45 bits per heavy atom. The molecule has 0 spiro atoms. The van der Waals surface area contributed by atoms with E-state index in [-0.39, 0.29) is 21.0 Å². The molecule has 2 nitrogen and oxygen atoms in total. The van der Waals surface area contributed by atoms with Gasteiger partial charge in [-0.25, -0.2) is 8.78 Å². The first-order valence-electron chi connectivity index (χ1n) is 5.62. The van der Waals surface area contributed by atoms with Crippen LogP contribution in [0, 0.1) is 18.6 Å². The second-order valence-corrected chi connectivity index (χ2v) is 5.33. The molecule has 2 aromatic rings. The number of hydrogen-bond donors (Lipinski definition) is 1. The number of thiocarbonyl (C=S) groups is 1. The van der Waals surface area contributed by atoms with E-state index >= 15 is 0 Å². The zero-order chi connectivity index (χ0) is 14.9. The highest BCUT2D eigenvalue weighted by atomic mass is 79.9. The first-order chi connectivity index (χ1) is 9.41. The van der Waals surface area contributed by atoms with Crippen LogP contribution in [0.25, 0.3) is 0 Å². The molecule has 6 heteroatoms. The predicted octanol–water partition coefficient (Wildman–Crippen LogP) is 4.46. The van der Waals surface area contributed by atoms with Crippen molar-refractivity contribution in [1.29, 1.82) is 0 Å². The molecule has 20 heavy (non-hydrogen) atoms. The van der Waals surface area contributed by atoms with Crippen LogP contribution in [0.1, 0.15) is 11.1 Å². The molecule has 0 unspecified atom stereocenters. The molecule has 0 fully saturated rings. The summed E-state index contributed by atoms with van der Waals surface area (Å²) in [5.41, 5.74) is 6.24. The maximum absolute atomic E-state index is 14.1. The van der Waals surface area contributed by atoms with Gasteiger partial charge in [0.05, 0.1) is 4.47 Å². The van der Waals surface area contributed by atoms with Gasteiger partial charge in [0.2, 0.25) is 0 Å². The van der Waals surface area contributed by atoms with Gasteiger partial charge in [0.25, 0.3) is 0 Å². The van der Waals surface area contributed by atoms with E-state index in [1.54, 1.807) is 19.1 Å². The molecule has 0 bridgehead atoms. The molecule has 2 N–H and O–H groups in total. The molecule has 0 radical (unpaired) electrons. The average molecular weight is 358 g/mol. The molecule has 104 valence electrons. The van der Waals surface area contributed by atoms with E-state index < -0.39 is 11.6 Å². The topological polar surface area (TPSA) is 35.2 Å². The molecule has 2 aromatic carbocycles. The molecule has 2 rings (SSSR count). The summed E-state index contributed by atoms with van der Waals surface area (Å²) < 4.78 is 33.3. The fraction of sp³-hybridized carbons (Fsp3) is 0.0714. The standard InChI is InChI=1S/C14H10BrF2NOS/c1-7-3-2-4-9(12(7)16)19-10-6-5-8(14(18)20)11(15)13(10)17/h2-6H,1H3,(H2,18,20). The van der Waals surface area contributed by atoms with Crippen LogP contribution >= 0.6 is 28.1 Å². The summed E-state index contributed by atoms with van der Waals surface area (Å²) in [4.78, 5) is 0.0593. The fourth-order valence-corrected chi connectivity index (χ4v) is 2.46. The first kappa shape index (κ1) is 14.9. The predicted molar refractivity (Wildman–Crippen MR) is 81.2 cm³/mol. The first-order valence-corrected chi connectivity index (χ1v) is 6.82. The van der Waals surface area contributed by atoms with Gasteiger partial charge in [-0.1, -0.05) is 24.4 Å². The second kappa shape index (κ2) is 5.85. The Labute approximate surface area is 128 Å². The van der Waals surface area contributed by atoms with E-state index in [0.29, 0.717) is 11.1 Å². The van der Waals surface area contributed by atoms with Crippen LogP contribution in [0.3, 0.4) is 0 Å². The lowest BCUT2D eigenvalue weighted by atomic mass is 10.2. The highest BCUT2D eigenvalue weighted by molar-refractivity contribution is 9.10. The van der Waals surface area contributed by atoms with E-state index in [0.717, 1.165) is 0 Å². The van der Waals surface area contributed by atoms with Crippen LogP contribution < -0.4 is 10.5 Å². The van der Waals surface area contributed by atoms with Crippen molar-refractivity contribution in [1.82, 2.24) is 0 Å². The number of benzene rings is 2. The van der Waals surface area contributed by atoms with E-state index in [2.05, 4.69) is 15.9 Å². The molecular weight excluding hydrogens is 348 g/mol. The molecule has 0 aliphatic heterocycles. The van der Waals surface area contributed by atoms with Crippen molar-refractivity contribution in [3.63, 3.8) is 0 Å². The van der Waals surface area contributed by atoms with E-state index in [1.807, 2.05) is 0 Å². The number of nitrogens with two attached hydrogens (primary N) is 1. The largest absolute Gasteiger partial charge is 0.451 e. The van der Waals surface area contributed by atoms with Gasteiger partial charge in [0.1, 0.15) is 4.99 Å². The summed E-state index contributed by atoms with van der Waals surface area (Å²) in [5.74, 6) is -1.36. The average Bonchev–Trinajstić information content (AvgIpc) is 2.40. The zero-order valence-corrected chi connectivity index (χ0v) is 12.8. The van der Waals surface area contributed by atoms with Crippen molar-refractivity contribution >= 4 is 33.1 Å². The quantitative estimate of drug-likeness (QED) is 0.823. The third-order valence-corrected chi connectivity index (χ3v) is 3.68. The van der Waals surface area contributed by atoms with Crippen molar-refractivity contribution < 1.29 is 13.5 Å². The van der Waals surface area contributed by atoms with Crippen LogP contribution in [0.4, 0.5) is 8.78 Å². The maximum Gasteiger partial charge on any atom is 0.180 e. The van der Waals surface area contributed by atoms with Crippen LogP contribution in [-0.2, 0) is 0 Å². The van der Waals surface area contributed by atoms with E-state index in [1.165, 1.54) is 18.2 Å². The van der Waals surface area contributed by atoms with Crippen molar-refractivity contribution in [2.45, 2.75) is 6.92 Å². The summed E-state index contributed by atoms with van der Waals surface area (Å²) in [6.07, 6.45) is 0. The number of ether oxygens (including phenoxy) is 1. The van der Waals surface area contributed by atoms with Gasteiger partial charge < -0.3 is 10.5 Å². The molecule has 0 saturated heterocycles. The van der Waals surface area contributed by atoms with Gasteiger partial charge in [0, 0.05) is 5.56 Å². The zero-order valence-electron chi connectivity index (χ0n) is 10.4. The minimum Gasteiger partial charge on any atom is -0.451 e. The normalized spacial score (nSPS) is 10.4. The number of halogens is 3. The Kier molecular flexibility index (Phi) is 4.35. The number of rotatable bonds is 3. The van der Waals surface area contributed by atoms with Crippen molar-refractivity contribution in [2.24, 2.45) is 5.73 Å². The summed E-state index contributed by atoms with van der Waals surface area (Å²) in [5, 5.41) is 0. The van der Waals surface area contributed by atoms with Crippen molar-refractivity contribution in [2.75, 3.05) is 0 Å². The van der Waals surface area contributed by atoms with Gasteiger partial charge in [0.15, 0.2) is 23.1 Å². The van der Waals surface area contributed by atoms with E-state index in [9.17, 15) is 8.78 Å². The second-order valence-electron chi connectivity index (χ2n) is 4.09. The fourth-order valence-electron chi connectivity index (χ4n) is 1.62. The third-order valence-electron chi connectivity index (χ3n) is 2.69. The highest BCUT2D eigenvalue weighted by Gasteiger charge is 2.16. The highest BCUT2D eigenvalue weighted by Crippen LogP contribution is 2.33. The van der Waals surface area contributed by atoms with Crippen LogP contribution in [0.5, 0.6) is 11.5 Å². The summed E-state index contributed by atoms with van der Waals surface area (Å²) >= 11 is 7.86. The lowest BCUT2D eigenvalue weighted by Gasteiger charge is -2.11. The lowest BCUT2D eigenvalue weighted by Crippen LogP contribution is -2.11. The number of aryl methyl sites for hydroxylation is 1. The van der Waals surface area contributed by atoms with Crippen LogP contribution in [0.2, 0.25) is 0 Å². The van der Waals surface area contributed by atoms with Gasteiger partial charge in [-0.05, 0) is 46.6 Å². The number of hydrogen-bond acceptors (Lipinski definition) is 2. The summed E-state index contributed by atoms with van der Waals surface area (Å²) in [7, 11) is 0. The molecule has 0 aromatic heterocycles. The van der Waals surface area contributed by atoms with Gasteiger partial charge in [-0.2, -0.15) is 0 Å². The van der Waals surface area contributed by atoms with Crippen molar-refractivity contribution in [3.8, 4) is 11.5 Å². The van der Waals surface area contributed by atoms with Gasteiger partial charge in [-0.15, -0.1) is 0 Å².